The third kappa shape index (κ3) is 1.79. The summed E-state index contributed by atoms with van der Waals surface area (Å²) >= 11 is 0. The molecule has 2 unspecified atom stereocenters. The number of aliphatic hydroxyl groups is 1. The Balaban J connectivity index is 3.07. The molecule has 1 saturated carbocycles. The van der Waals surface area contributed by atoms with Crippen LogP contribution < -0.4 is 0 Å². The van der Waals surface area contributed by atoms with Gasteiger partial charge in [-0.15, -0.1) is 0 Å². The van der Waals surface area contributed by atoms with Gasteiger partial charge >= 0.3 is 0 Å². The molecule has 2 atom stereocenters. The lowest BCUT2D eigenvalue weighted by molar-refractivity contribution is 0.0897. The molecule has 0 spiro atoms. The molecule has 1 aliphatic rings. The summed E-state index contributed by atoms with van der Waals surface area (Å²) in [6.07, 6.45) is 2.99. The lowest BCUT2D eigenvalue weighted by Crippen LogP contribution is -2.42. The third-order valence-electron chi connectivity index (χ3n) is 2.81. The van der Waals surface area contributed by atoms with E-state index < -0.39 is 20.7 Å². The van der Waals surface area contributed by atoms with Crippen molar-refractivity contribution >= 4 is 9.84 Å². The van der Waals surface area contributed by atoms with E-state index in [4.69, 9.17) is 0 Å². The quantitative estimate of drug-likeness (QED) is 0.680. The molecule has 1 N–H and O–H groups in total. The average Bonchev–Trinajstić information content (AvgIpc) is 2.31. The number of hydrogen-bond acceptors (Lipinski definition) is 3. The van der Waals surface area contributed by atoms with Gasteiger partial charge in [0.25, 0.3) is 0 Å². The molecule has 13 heavy (non-hydrogen) atoms. The van der Waals surface area contributed by atoms with Gasteiger partial charge in [-0.1, -0.05) is 6.58 Å². The zero-order valence-corrected chi connectivity index (χ0v) is 8.89. The maximum Gasteiger partial charge on any atom is 0.153 e. The first-order chi connectivity index (χ1) is 5.78. The average molecular weight is 204 g/mol. The molecule has 0 amide bonds. The van der Waals surface area contributed by atoms with Crippen LogP contribution in [-0.2, 0) is 9.84 Å². The number of rotatable bonds is 2. The van der Waals surface area contributed by atoms with Gasteiger partial charge in [-0.2, -0.15) is 0 Å². The molecule has 1 aliphatic carbocycles. The van der Waals surface area contributed by atoms with E-state index in [1.807, 2.05) is 0 Å². The smallest absolute Gasteiger partial charge is 0.153 e. The van der Waals surface area contributed by atoms with Gasteiger partial charge in [0, 0.05) is 6.26 Å². The lowest BCUT2D eigenvalue weighted by Gasteiger charge is -2.29. The molecule has 0 aliphatic heterocycles. The van der Waals surface area contributed by atoms with Crippen molar-refractivity contribution in [1.29, 1.82) is 0 Å². The van der Waals surface area contributed by atoms with Crippen LogP contribution >= 0.6 is 0 Å². The van der Waals surface area contributed by atoms with Gasteiger partial charge < -0.3 is 5.11 Å². The first-order valence-electron chi connectivity index (χ1n) is 4.35. The summed E-state index contributed by atoms with van der Waals surface area (Å²) in [5, 5.41) is 9.43. The molecule has 0 aromatic rings. The minimum atomic E-state index is -3.17. The second kappa shape index (κ2) is 3.10. The van der Waals surface area contributed by atoms with Crippen molar-refractivity contribution in [1.82, 2.24) is 0 Å². The first kappa shape index (κ1) is 10.7. The van der Waals surface area contributed by atoms with Gasteiger partial charge in [-0.05, 0) is 31.8 Å². The van der Waals surface area contributed by atoms with Gasteiger partial charge in [0.15, 0.2) is 9.84 Å². The summed E-state index contributed by atoms with van der Waals surface area (Å²) < 4.78 is 22.7. The Labute approximate surface area is 79.4 Å². The van der Waals surface area contributed by atoms with Crippen LogP contribution in [0.1, 0.15) is 26.2 Å². The van der Waals surface area contributed by atoms with E-state index in [9.17, 15) is 13.5 Å². The molecule has 0 aromatic heterocycles. The van der Waals surface area contributed by atoms with E-state index in [2.05, 4.69) is 6.58 Å². The minimum Gasteiger partial charge on any atom is -0.384 e. The molecular formula is C9H16O3S. The van der Waals surface area contributed by atoms with Crippen LogP contribution in [0.5, 0.6) is 0 Å². The van der Waals surface area contributed by atoms with Crippen molar-refractivity contribution in [3.05, 3.63) is 12.2 Å². The monoisotopic (exact) mass is 204 g/mol. The van der Waals surface area contributed by atoms with E-state index in [-0.39, 0.29) is 0 Å². The Hall–Kier alpha value is -0.350. The molecule has 1 rings (SSSR count). The highest BCUT2D eigenvalue weighted by Crippen LogP contribution is 2.38. The van der Waals surface area contributed by atoms with Gasteiger partial charge in [-0.3, -0.25) is 0 Å². The zero-order valence-electron chi connectivity index (χ0n) is 8.08. The van der Waals surface area contributed by atoms with E-state index in [0.717, 1.165) is 6.42 Å². The van der Waals surface area contributed by atoms with E-state index >= 15 is 0 Å². The standard InChI is InChI=1S/C9H16O3S/c1-7(2)9(10)6-4-5-8(9)13(3,11)12/h8,10H,1,4-6H2,2-3H3. The lowest BCUT2D eigenvalue weighted by atomic mass is 9.94. The van der Waals surface area contributed by atoms with Crippen LogP contribution in [0.2, 0.25) is 0 Å². The SMILES string of the molecule is C=C(C)C1(O)CCCC1S(C)(=O)=O. The second-order valence-electron chi connectivity index (χ2n) is 3.91. The van der Waals surface area contributed by atoms with Crippen LogP contribution in [0.3, 0.4) is 0 Å². The van der Waals surface area contributed by atoms with Crippen LogP contribution in [0.4, 0.5) is 0 Å². The van der Waals surface area contributed by atoms with Crippen molar-refractivity contribution in [2.75, 3.05) is 6.26 Å². The molecule has 0 heterocycles. The second-order valence-corrected chi connectivity index (χ2v) is 6.14. The number of hydrogen-bond donors (Lipinski definition) is 1. The van der Waals surface area contributed by atoms with E-state index in [1.165, 1.54) is 6.26 Å². The number of sulfone groups is 1. The fourth-order valence-corrected chi connectivity index (χ4v) is 3.64. The van der Waals surface area contributed by atoms with Crippen LogP contribution in [0.25, 0.3) is 0 Å². The molecular weight excluding hydrogens is 188 g/mol. The Kier molecular flexibility index (Phi) is 2.56. The molecule has 4 heteroatoms. The molecule has 0 radical (unpaired) electrons. The summed E-state index contributed by atoms with van der Waals surface area (Å²) in [7, 11) is -3.17. The van der Waals surface area contributed by atoms with Crippen LogP contribution in [0, 0.1) is 0 Å². The molecule has 3 nitrogen and oxygen atoms in total. The Morgan fingerprint density at radius 1 is 1.62 bits per heavy atom. The van der Waals surface area contributed by atoms with Crippen molar-refractivity contribution in [2.45, 2.75) is 37.0 Å². The van der Waals surface area contributed by atoms with Gasteiger partial charge in [0.1, 0.15) is 5.60 Å². The predicted octanol–water partition coefficient (Wildman–Crippen LogP) is 0.891. The fraction of sp³-hybridized carbons (Fsp3) is 0.778. The third-order valence-corrected chi connectivity index (χ3v) is 4.47. The van der Waals surface area contributed by atoms with Crippen LogP contribution in [-0.4, -0.2) is 30.6 Å². The summed E-state index contributed by atoms with van der Waals surface area (Å²) in [4.78, 5) is 0. The van der Waals surface area contributed by atoms with Crippen molar-refractivity contribution in [3.63, 3.8) is 0 Å². The summed E-state index contributed by atoms with van der Waals surface area (Å²) in [5.74, 6) is 0. The van der Waals surface area contributed by atoms with E-state index in [0.29, 0.717) is 18.4 Å². The van der Waals surface area contributed by atoms with Gasteiger partial charge in [-0.25, -0.2) is 8.42 Å². The molecule has 0 bridgehead atoms. The molecule has 76 valence electrons. The van der Waals surface area contributed by atoms with E-state index in [1.54, 1.807) is 6.92 Å². The highest BCUT2D eigenvalue weighted by atomic mass is 32.2. The fourth-order valence-electron chi connectivity index (χ4n) is 2.01. The van der Waals surface area contributed by atoms with Gasteiger partial charge in [0.05, 0.1) is 5.25 Å². The normalized spacial score (nSPS) is 34.8. The predicted molar refractivity (Wildman–Crippen MR) is 52.2 cm³/mol. The molecule has 0 aromatic carbocycles. The molecule has 0 saturated heterocycles. The maximum absolute atomic E-state index is 11.4. The minimum absolute atomic E-state index is 0.514. The Morgan fingerprint density at radius 2 is 2.15 bits per heavy atom. The van der Waals surface area contributed by atoms with Crippen molar-refractivity contribution < 1.29 is 13.5 Å². The van der Waals surface area contributed by atoms with Crippen molar-refractivity contribution in [3.8, 4) is 0 Å². The highest BCUT2D eigenvalue weighted by molar-refractivity contribution is 7.91. The van der Waals surface area contributed by atoms with Gasteiger partial charge in [0.2, 0.25) is 0 Å². The van der Waals surface area contributed by atoms with Crippen LogP contribution in [0.15, 0.2) is 12.2 Å². The Bertz CT molecular complexity index is 318. The largest absolute Gasteiger partial charge is 0.384 e. The summed E-state index contributed by atoms with van der Waals surface area (Å²) in [6.45, 7) is 5.34. The first-order valence-corrected chi connectivity index (χ1v) is 6.31. The summed E-state index contributed by atoms with van der Waals surface area (Å²) in [5.41, 5.74) is -0.631. The van der Waals surface area contributed by atoms with Crippen molar-refractivity contribution in [2.24, 2.45) is 0 Å². The summed E-state index contributed by atoms with van der Waals surface area (Å²) in [6, 6.07) is 0. The highest BCUT2D eigenvalue weighted by Gasteiger charge is 2.47. The zero-order chi connectivity index (χ0) is 10.3. The topological polar surface area (TPSA) is 54.4 Å². The molecule has 1 fully saturated rings. The Morgan fingerprint density at radius 3 is 2.46 bits per heavy atom. The maximum atomic E-state index is 11.4.